The highest BCUT2D eigenvalue weighted by atomic mass is 16.8. The summed E-state index contributed by atoms with van der Waals surface area (Å²) in [5.41, 5.74) is 1.09. The van der Waals surface area contributed by atoms with Crippen molar-refractivity contribution in [1.82, 2.24) is 0 Å². The molecule has 0 aliphatic carbocycles. The van der Waals surface area contributed by atoms with Crippen LogP contribution in [0.15, 0.2) is 42.7 Å². The molecule has 2 aliphatic rings. The van der Waals surface area contributed by atoms with E-state index >= 15 is 0 Å². The van der Waals surface area contributed by atoms with E-state index in [1.807, 2.05) is 30.3 Å². The van der Waals surface area contributed by atoms with Gasteiger partial charge in [-0.25, -0.2) is 4.79 Å². The van der Waals surface area contributed by atoms with Crippen LogP contribution >= 0.6 is 0 Å². The summed E-state index contributed by atoms with van der Waals surface area (Å²) in [6.45, 7) is 0.841. The van der Waals surface area contributed by atoms with Crippen molar-refractivity contribution in [3.63, 3.8) is 0 Å². The molecule has 5 nitrogen and oxygen atoms in total. The number of carbonyl (C=O) groups excluding carboxylic acids is 1. The zero-order valence-electron chi connectivity index (χ0n) is 10.2. The van der Waals surface area contributed by atoms with Gasteiger partial charge in [0.05, 0.1) is 19.5 Å². The van der Waals surface area contributed by atoms with Gasteiger partial charge in [-0.05, 0) is 11.6 Å². The standard InChI is InChI=1S/C14H14O5/c15-14-18-11-6-7-17-12(13(11)19-14)9-16-8-10-4-2-1-3-5-10/h1-7,11-13H,8-9H2/t11-,12-,13-/m1/s1. The first kappa shape index (κ1) is 12.0. The molecule has 0 aromatic heterocycles. The van der Waals surface area contributed by atoms with Crippen molar-refractivity contribution in [1.29, 1.82) is 0 Å². The van der Waals surface area contributed by atoms with E-state index < -0.39 is 12.3 Å². The van der Waals surface area contributed by atoms with Gasteiger partial charge in [0.15, 0.2) is 18.3 Å². The topological polar surface area (TPSA) is 54.0 Å². The lowest BCUT2D eigenvalue weighted by Crippen LogP contribution is -2.41. The molecule has 5 heteroatoms. The van der Waals surface area contributed by atoms with Crippen LogP contribution in [0.2, 0.25) is 0 Å². The monoisotopic (exact) mass is 262 g/mol. The minimum absolute atomic E-state index is 0.329. The summed E-state index contributed by atoms with van der Waals surface area (Å²) in [4.78, 5) is 11.1. The molecule has 0 unspecified atom stereocenters. The Bertz CT molecular complexity index is 470. The van der Waals surface area contributed by atoms with E-state index in [2.05, 4.69) is 0 Å². The van der Waals surface area contributed by atoms with E-state index in [9.17, 15) is 4.79 Å². The van der Waals surface area contributed by atoms with Crippen molar-refractivity contribution in [3.8, 4) is 0 Å². The zero-order chi connectivity index (χ0) is 13.1. The fraction of sp³-hybridized carbons (Fsp3) is 0.357. The van der Waals surface area contributed by atoms with Gasteiger partial charge < -0.3 is 18.9 Å². The maximum absolute atomic E-state index is 11.1. The molecule has 19 heavy (non-hydrogen) atoms. The maximum Gasteiger partial charge on any atom is 0.509 e. The van der Waals surface area contributed by atoms with Crippen LogP contribution in [0.4, 0.5) is 4.79 Å². The Morgan fingerprint density at radius 2 is 2.00 bits per heavy atom. The summed E-state index contributed by atoms with van der Waals surface area (Å²) in [7, 11) is 0. The summed E-state index contributed by atoms with van der Waals surface area (Å²) in [5.74, 6) is 0. The number of hydrogen-bond acceptors (Lipinski definition) is 5. The molecule has 0 saturated carbocycles. The minimum Gasteiger partial charge on any atom is -0.492 e. The first-order valence-electron chi connectivity index (χ1n) is 6.14. The Hall–Kier alpha value is -2.01. The fourth-order valence-electron chi connectivity index (χ4n) is 2.12. The van der Waals surface area contributed by atoms with Gasteiger partial charge in [-0.1, -0.05) is 30.3 Å². The zero-order valence-corrected chi connectivity index (χ0v) is 10.2. The van der Waals surface area contributed by atoms with E-state index in [1.54, 1.807) is 6.08 Å². The van der Waals surface area contributed by atoms with E-state index in [-0.39, 0.29) is 12.2 Å². The summed E-state index contributed by atoms with van der Waals surface area (Å²) < 4.78 is 21.1. The SMILES string of the molecule is O=C1O[C@@H]2[C@@H](C=CO[C@@H]2COCc2ccccc2)O1. The number of hydrogen-bond donors (Lipinski definition) is 0. The third-order valence-electron chi connectivity index (χ3n) is 3.07. The van der Waals surface area contributed by atoms with Crippen LogP contribution in [-0.2, 0) is 25.6 Å². The van der Waals surface area contributed by atoms with Crippen molar-refractivity contribution in [2.75, 3.05) is 6.61 Å². The molecule has 0 radical (unpaired) electrons. The van der Waals surface area contributed by atoms with Crippen LogP contribution < -0.4 is 0 Å². The number of fused-ring (bicyclic) bond motifs is 1. The highest BCUT2D eigenvalue weighted by Crippen LogP contribution is 2.25. The predicted octanol–water partition coefficient (Wildman–Crippen LogP) is 2.02. The highest BCUT2D eigenvalue weighted by molar-refractivity contribution is 5.63. The molecule has 1 aromatic carbocycles. The Morgan fingerprint density at radius 1 is 1.16 bits per heavy atom. The van der Waals surface area contributed by atoms with Crippen LogP contribution in [0.1, 0.15) is 5.56 Å². The molecule has 3 rings (SSSR count). The van der Waals surface area contributed by atoms with E-state index in [0.29, 0.717) is 13.2 Å². The molecule has 1 saturated heterocycles. The van der Waals surface area contributed by atoms with Gasteiger partial charge in [-0.15, -0.1) is 0 Å². The molecular formula is C14H14O5. The first-order valence-corrected chi connectivity index (χ1v) is 6.14. The molecule has 1 aromatic rings. The van der Waals surface area contributed by atoms with Gasteiger partial charge in [0.2, 0.25) is 0 Å². The van der Waals surface area contributed by atoms with E-state index in [4.69, 9.17) is 18.9 Å². The molecule has 0 spiro atoms. The predicted molar refractivity (Wildman–Crippen MR) is 65.3 cm³/mol. The van der Waals surface area contributed by atoms with Gasteiger partial charge in [0.25, 0.3) is 0 Å². The molecule has 3 atom stereocenters. The second-order valence-electron chi connectivity index (χ2n) is 4.42. The lowest BCUT2D eigenvalue weighted by molar-refractivity contribution is -0.0552. The van der Waals surface area contributed by atoms with Crippen molar-refractivity contribution >= 4 is 6.16 Å². The summed E-state index contributed by atoms with van der Waals surface area (Å²) in [6.07, 6.45) is 1.42. The second kappa shape index (κ2) is 5.32. The van der Waals surface area contributed by atoms with Crippen molar-refractivity contribution in [3.05, 3.63) is 48.2 Å². The molecule has 0 amide bonds. The largest absolute Gasteiger partial charge is 0.509 e. The Kier molecular flexibility index (Phi) is 3.37. The molecule has 2 aliphatic heterocycles. The third-order valence-corrected chi connectivity index (χ3v) is 3.07. The second-order valence-corrected chi connectivity index (χ2v) is 4.42. The molecule has 100 valence electrons. The maximum atomic E-state index is 11.1. The molecule has 1 fully saturated rings. The summed E-state index contributed by atoms with van der Waals surface area (Å²) in [6, 6.07) is 9.85. The summed E-state index contributed by atoms with van der Waals surface area (Å²) >= 11 is 0. The summed E-state index contributed by atoms with van der Waals surface area (Å²) in [5, 5.41) is 0. The van der Waals surface area contributed by atoms with Crippen LogP contribution in [0.5, 0.6) is 0 Å². The van der Waals surface area contributed by atoms with E-state index in [1.165, 1.54) is 6.26 Å². The van der Waals surface area contributed by atoms with Gasteiger partial charge in [0, 0.05) is 0 Å². The lowest BCUT2D eigenvalue weighted by Gasteiger charge is -2.26. The number of carbonyl (C=O) groups is 1. The van der Waals surface area contributed by atoms with Gasteiger partial charge in [-0.3, -0.25) is 0 Å². The first-order chi connectivity index (χ1) is 9.33. The number of benzene rings is 1. The molecule has 0 N–H and O–H groups in total. The minimum atomic E-state index is -0.654. The lowest BCUT2D eigenvalue weighted by atomic mass is 10.1. The van der Waals surface area contributed by atoms with Crippen LogP contribution in [0, 0.1) is 0 Å². The van der Waals surface area contributed by atoms with E-state index in [0.717, 1.165) is 5.56 Å². The molecule has 0 bridgehead atoms. The Morgan fingerprint density at radius 3 is 2.84 bits per heavy atom. The third kappa shape index (κ3) is 2.71. The van der Waals surface area contributed by atoms with Crippen molar-refractivity contribution in [2.45, 2.75) is 24.9 Å². The average Bonchev–Trinajstić information content (AvgIpc) is 2.81. The Labute approximate surface area is 110 Å². The molecule has 2 heterocycles. The van der Waals surface area contributed by atoms with Gasteiger partial charge >= 0.3 is 6.16 Å². The fourth-order valence-corrected chi connectivity index (χ4v) is 2.12. The van der Waals surface area contributed by atoms with Gasteiger partial charge in [0.1, 0.15) is 0 Å². The molecular weight excluding hydrogens is 248 g/mol. The van der Waals surface area contributed by atoms with Crippen LogP contribution in [0.25, 0.3) is 0 Å². The van der Waals surface area contributed by atoms with Crippen molar-refractivity contribution in [2.24, 2.45) is 0 Å². The van der Waals surface area contributed by atoms with Crippen molar-refractivity contribution < 1.29 is 23.7 Å². The quantitative estimate of drug-likeness (QED) is 0.777. The average molecular weight is 262 g/mol. The normalized spacial score (nSPS) is 28.2. The number of ether oxygens (including phenoxy) is 4. The Balaban J connectivity index is 1.53. The van der Waals surface area contributed by atoms with Gasteiger partial charge in [-0.2, -0.15) is 0 Å². The van der Waals surface area contributed by atoms with Crippen LogP contribution in [0.3, 0.4) is 0 Å². The number of rotatable bonds is 4. The smallest absolute Gasteiger partial charge is 0.492 e. The van der Waals surface area contributed by atoms with Crippen LogP contribution in [-0.4, -0.2) is 31.1 Å². The highest BCUT2D eigenvalue weighted by Gasteiger charge is 2.43.